The number of carbonyl (C=O) groups excluding carboxylic acids is 3. The molecule has 1 N–H and O–H groups in total. The normalized spacial score (nSPS) is 35.3. The summed E-state index contributed by atoms with van der Waals surface area (Å²) in [7, 11) is 0. The van der Waals surface area contributed by atoms with Crippen molar-refractivity contribution in [3.05, 3.63) is 40.4 Å². The van der Waals surface area contributed by atoms with E-state index in [9.17, 15) is 14.4 Å². The van der Waals surface area contributed by atoms with Crippen LogP contribution in [0.5, 0.6) is 0 Å². The highest BCUT2D eigenvalue weighted by Gasteiger charge is 2.67. The number of amides is 3. The molecule has 5 nitrogen and oxygen atoms in total. The Bertz CT molecular complexity index is 859. The van der Waals surface area contributed by atoms with Gasteiger partial charge in [0.25, 0.3) is 0 Å². The molecule has 6 unspecified atom stereocenters. The zero-order chi connectivity index (χ0) is 18.9. The van der Waals surface area contributed by atoms with Gasteiger partial charge in [-0.05, 0) is 60.3 Å². The number of hydrogen-bond donors (Lipinski definition) is 1. The van der Waals surface area contributed by atoms with Crippen LogP contribution in [-0.4, -0.2) is 29.2 Å². The zero-order valence-electron chi connectivity index (χ0n) is 15.0. The molecule has 1 aromatic rings. The number of benzene rings is 1. The average Bonchev–Trinajstić information content (AvgIpc) is 3.44. The Morgan fingerprint density at radius 1 is 1.15 bits per heavy atom. The topological polar surface area (TPSA) is 66.5 Å². The van der Waals surface area contributed by atoms with Gasteiger partial charge in [0, 0.05) is 10.2 Å². The van der Waals surface area contributed by atoms with Crippen LogP contribution in [0.25, 0.3) is 0 Å². The fourth-order valence-corrected chi connectivity index (χ4v) is 5.89. The number of imide groups is 1. The number of carbonyl (C=O) groups is 3. The average molecular weight is 429 g/mol. The minimum Gasteiger partial charge on any atom is -0.324 e. The van der Waals surface area contributed by atoms with Gasteiger partial charge in [0.1, 0.15) is 6.54 Å². The molecule has 0 aromatic heterocycles. The van der Waals surface area contributed by atoms with E-state index in [4.69, 9.17) is 0 Å². The fraction of sp³-hybridized carbons (Fsp3) is 0.476. The minimum absolute atomic E-state index is 0.156. The summed E-state index contributed by atoms with van der Waals surface area (Å²) in [6, 6.07) is 5.67. The van der Waals surface area contributed by atoms with Gasteiger partial charge in [-0.25, -0.2) is 0 Å². The Kier molecular flexibility index (Phi) is 3.83. The van der Waals surface area contributed by atoms with Gasteiger partial charge >= 0.3 is 0 Å². The number of nitrogens with one attached hydrogen (secondary N) is 1. The van der Waals surface area contributed by atoms with Gasteiger partial charge in [-0.3, -0.25) is 19.3 Å². The molecule has 3 fully saturated rings. The first-order valence-electron chi connectivity index (χ1n) is 9.61. The summed E-state index contributed by atoms with van der Waals surface area (Å²) >= 11 is 3.43. The number of anilines is 1. The number of nitrogens with zero attached hydrogens (tertiary/aromatic N) is 1. The van der Waals surface area contributed by atoms with Crippen molar-refractivity contribution in [1.29, 1.82) is 0 Å². The molecular formula is C21H21BrN2O3. The van der Waals surface area contributed by atoms with Crippen molar-refractivity contribution in [2.45, 2.75) is 19.8 Å². The smallest absolute Gasteiger partial charge is 0.244 e. The molecule has 1 saturated heterocycles. The molecule has 2 bridgehead atoms. The van der Waals surface area contributed by atoms with Gasteiger partial charge in [0.05, 0.1) is 11.8 Å². The van der Waals surface area contributed by atoms with Crippen molar-refractivity contribution in [3.8, 4) is 0 Å². The fourth-order valence-electron chi connectivity index (χ4n) is 5.48. The molecule has 6 atom stereocenters. The van der Waals surface area contributed by atoms with Crippen LogP contribution >= 0.6 is 15.9 Å². The van der Waals surface area contributed by atoms with E-state index in [1.54, 1.807) is 0 Å². The standard InChI is InChI=1S/C21H21BrN2O3/c1-2-10-7-11(22)3-6-16(10)23-17(25)9-24-20(26)18-12-4-5-13(15-8-14(12)15)19(18)21(24)27/h3-7,12-15,18-19H,2,8-9H2,1H3,(H,23,25). The van der Waals surface area contributed by atoms with E-state index >= 15 is 0 Å². The Labute approximate surface area is 166 Å². The monoisotopic (exact) mass is 428 g/mol. The van der Waals surface area contributed by atoms with Crippen molar-refractivity contribution in [2.24, 2.45) is 35.5 Å². The van der Waals surface area contributed by atoms with E-state index in [1.165, 1.54) is 4.90 Å². The molecule has 3 amide bonds. The number of halogens is 1. The molecule has 27 heavy (non-hydrogen) atoms. The lowest BCUT2D eigenvalue weighted by Gasteiger charge is -2.37. The Hall–Kier alpha value is -1.95. The van der Waals surface area contributed by atoms with Crippen LogP contribution < -0.4 is 5.32 Å². The van der Waals surface area contributed by atoms with Crippen molar-refractivity contribution in [1.82, 2.24) is 4.90 Å². The highest BCUT2D eigenvalue weighted by atomic mass is 79.9. The summed E-state index contributed by atoms with van der Waals surface area (Å²) in [6.45, 7) is 1.82. The number of allylic oxidation sites excluding steroid dienone is 2. The lowest BCUT2D eigenvalue weighted by molar-refractivity contribution is -0.142. The largest absolute Gasteiger partial charge is 0.324 e. The van der Waals surface area contributed by atoms with Gasteiger partial charge in [-0.1, -0.05) is 35.0 Å². The van der Waals surface area contributed by atoms with Crippen molar-refractivity contribution in [2.75, 3.05) is 11.9 Å². The molecule has 1 aliphatic heterocycles. The first kappa shape index (κ1) is 17.2. The quantitative estimate of drug-likeness (QED) is 0.591. The minimum atomic E-state index is -0.321. The van der Waals surface area contributed by atoms with Gasteiger partial charge in [0.15, 0.2) is 0 Å². The van der Waals surface area contributed by atoms with E-state index in [-0.39, 0.29) is 47.9 Å². The lowest BCUT2D eigenvalue weighted by Crippen LogP contribution is -2.40. The molecule has 6 heteroatoms. The molecule has 2 saturated carbocycles. The second-order valence-electron chi connectivity index (χ2n) is 8.12. The molecule has 4 aliphatic carbocycles. The van der Waals surface area contributed by atoms with Gasteiger partial charge < -0.3 is 5.32 Å². The van der Waals surface area contributed by atoms with Crippen LogP contribution in [0.4, 0.5) is 5.69 Å². The summed E-state index contributed by atoms with van der Waals surface area (Å²) in [6.07, 6.45) is 6.20. The van der Waals surface area contributed by atoms with Crippen LogP contribution in [0, 0.1) is 35.5 Å². The molecular weight excluding hydrogens is 408 g/mol. The Morgan fingerprint density at radius 3 is 2.37 bits per heavy atom. The lowest BCUT2D eigenvalue weighted by atomic mass is 9.63. The highest BCUT2D eigenvalue weighted by Crippen LogP contribution is 2.65. The predicted octanol–water partition coefficient (Wildman–Crippen LogP) is 3.00. The molecule has 140 valence electrons. The number of likely N-dealkylation sites (tertiary alicyclic amines) is 1. The molecule has 5 aliphatic rings. The summed E-state index contributed by atoms with van der Waals surface area (Å²) in [5, 5.41) is 2.87. The second kappa shape index (κ2) is 6.03. The molecule has 0 spiro atoms. The number of hydrogen-bond acceptors (Lipinski definition) is 3. The van der Waals surface area contributed by atoms with Crippen molar-refractivity contribution in [3.63, 3.8) is 0 Å². The molecule has 1 heterocycles. The van der Waals surface area contributed by atoms with E-state index < -0.39 is 0 Å². The van der Waals surface area contributed by atoms with E-state index in [1.807, 2.05) is 25.1 Å². The summed E-state index contributed by atoms with van der Waals surface area (Å²) < 4.78 is 0.952. The summed E-state index contributed by atoms with van der Waals surface area (Å²) in [5.41, 5.74) is 1.73. The Morgan fingerprint density at radius 2 is 1.78 bits per heavy atom. The Balaban J connectivity index is 1.33. The van der Waals surface area contributed by atoms with Crippen LogP contribution in [0.2, 0.25) is 0 Å². The van der Waals surface area contributed by atoms with Crippen molar-refractivity contribution < 1.29 is 14.4 Å². The number of aryl methyl sites for hydroxylation is 1. The third kappa shape index (κ3) is 2.53. The maximum Gasteiger partial charge on any atom is 0.244 e. The maximum absolute atomic E-state index is 12.9. The maximum atomic E-state index is 12.9. The summed E-state index contributed by atoms with van der Waals surface area (Å²) in [4.78, 5) is 39.7. The van der Waals surface area contributed by atoms with E-state index in [2.05, 4.69) is 33.4 Å². The third-order valence-corrected chi connectivity index (χ3v) is 7.27. The zero-order valence-corrected chi connectivity index (χ0v) is 16.6. The first-order chi connectivity index (χ1) is 13.0. The second-order valence-corrected chi connectivity index (χ2v) is 9.04. The molecule has 1 aromatic carbocycles. The first-order valence-corrected chi connectivity index (χ1v) is 10.4. The summed E-state index contributed by atoms with van der Waals surface area (Å²) in [5.74, 6) is 0.389. The van der Waals surface area contributed by atoms with E-state index in [0.717, 1.165) is 28.6 Å². The van der Waals surface area contributed by atoms with Crippen molar-refractivity contribution >= 4 is 39.3 Å². The number of rotatable bonds is 4. The van der Waals surface area contributed by atoms with Crippen LogP contribution in [0.3, 0.4) is 0 Å². The predicted molar refractivity (Wildman–Crippen MR) is 104 cm³/mol. The third-order valence-electron chi connectivity index (χ3n) is 6.78. The van der Waals surface area contributed by atoms with E-state index in [0.29, 0.717) is 11.8 Å². The van der Waals surface area contributed by atoms with Crippen LogP contribution in [0.1, 0.15) is 18.9 Å². The van der Waals surface area contributed by atoms with Crippen LogP contribution in [0.15, 0.2) is 34.8 Å². The SMILES string of the molecule is CCc1cc(Br)ccc1NC(=O)CN1C(=O)C2C3C=CC(C4CC34)C2C1=O. The van der Waals surface area contributed by atoms with Gasteiger partial charge in [-0.2, -0.15) is 0 Å². The van der Waals surface area contributed by atoms with Crippen LogP contribution in [-0.2, 0) is 20.8 Å². The van der Waals surface area contributed by atoms with Gasteiger partial charge in [0.2, 0.25) is 17.7 Å². The molecule has 0 radical (unpaired) electrons. The van der Waals surface area contributed by atoms with Gasteiger partial charge in [-0.15, -0.1) is 0 Å². The highest BCUT2D eigenvalue weighted by molar-refractivity contribution is 9.10. The molecule has 6 rings (SSSR count).